The van der Waals surface area contributed by atoms with Gasteiger partial charge in [0.05, 0.1) is 5.69 Å². The third kappa shape index (κ3) is 1.29. The predicted octanol–water partition coefficient (Wildman–Crippen LogP) is 1.96. The standard InChI is InChI=1S/C11H12N2O2/c1-6-4-5-9-12-7(2)10(11(14)15)13(9)8(6)3/h4-5H,1-3H3,(H,14,15). The molecular formula is C11H12N2O2. The smallest absolute Gasteiger partial charge is 0.354 e. The van der Waals surface area contributed by atoms with E-state index in [-0.39, 0.29) is 5.69 Å². The van der Waals surface area contributed by atoms with Gasteiger partial charge in [-0.05, 0) is 32.4 Å². The van der Waals surface area contributed by atoms with Gasteiger partial charge in [0.25, 0.3) is 0 Å². The van der Waals surface area contributed by atoms with Crippen molar-refractivity contribution in [1.29, 1.82) is 0 Å². The monoisotopic (exact) mass is 204 g/mol. The summed E-state index contributed by atoms with van der Waals surface area (Å²) >= 11 is 0. The largest absolute Gasteiger partial charge is 0.477 e. The second-order valence-electron chi connectivity index (χ2n) is 3.65. The van der Waals surface area contributed by atoms with E-state index < -0.39 is 5.97 Å². The van der Waals surface area contributed by atoms with Gasteiger partial charge in [-0.15, -0.1) is 0 Å². The first-order valence-electron chi connectivity index (χ1n) is 4.71. The Morgan fingerprint density at radius 3 is 2.60 bits per heavy atom. The zero-order valence-corrected chi connectivity index (χ0v) is 8.90. The van der Waals surface area contributed by atoms with Gasteiger partial charge in [-0.1, -0.05) is 6.07 Å². The molecule has 2 aromatic rings. The highest BCUT2D eigenvalue weighted by atomic mass is 16.4. The number of fused-ring (bicyclic) bond motifs is 1. The molecule has 78 valence electrons. The topological polar surface area (TPSA) is 54.6 Å². The van der Waals surface area contributed by atoms with Crippen LogP contribution in [0.25, 0.3) is 5.65 Å². The van der Waals surface area contributed by atoms with Crippen LogP contribution in [0.4, 0.5) is 0 Å². The summed E-state index contributed by atoms with van der Waals surface area (Å²) < 4.78 is 1.69. The highest BCUT2D eigenvalue weighted by Gasteiger charge is 2.16. The van der Waals surface area contributed by atoms with Crippen LogP contribution in [0.5, 0.6) is 0 Å². The van der Waals surface area contributed by atoms with Crippen molar-refractivity contribution in [3.05, 3.63) is 34.8 Å². The summed E-state index contributed by atoms with van der Waals surface area (Å²) in [6.45, 7) is 5.57. The van der Waals surface area contributed by atoms with Gasteiger partial charge in [0.1, 0.15) is 5.65 Å². The van der Waals surface area contributed by atoms with Crippen molar-refractivity contribution in [2.75, 3.05) is 0 Å². The Balaban J connectivity index is 2.96. The van der Waals surface area contributed by atoms with E-state index in [1.807, 2.05) is 26.0 Å². The number of carbonyl (C=O) groups is 1. The van der Waals surface area contributed by atoms with Crippen molar-refractivity contribution >= 4 is 11.6 Å². The molecule has 2 heterocycles. The minimum Gasteiger partial charge on any atom is -0.477 e. The second kappa shape index (κ2) is 3.08. The van der Waals surface area contributed by atoms with Gasteiger partial charge < -0.3 is 5.11 Å². The Bertz CT molecular complexity index is 555. The number of hydrogen-bond donors (Lipinski definition) is 1. The molecular weight excluding hydrogens is 192 g/mol. The molecule has 0 fully saturated rings. The number of nitrogens with zero attached hydrogens (tertiary/aromatic N) is 2. The van der Waals surface area contributed by atoms with Gasteiger partial charge in [-0.3, -0.25) is 4.40 Å². The Morgan fingerprint density at radius 2 is 2.00 bits per heavy atom. The van der Waals surface area contributed by atoms with Gasteiger partial charge in [0, 0.05) is 5.69 Å². The summed E-state index contributed by atoms with van der Waals surface area (Å²) in [7, 11) is 0. The molecule has 0 amide bonds. The molecule has 0 atom stereocenters. The Labute approximate surface area is 87.2 Å². The fraction of sp³-hybridized carbons (Fsp3) is 0.273. The fourth-order valence-corrected chi connectivity index (χ4v) is 1.75. The Hall–Kier alpha value is -1.84. The van der Waals surface area contributed by atoms with Crippen molar-refractivity contribution in [3.8, 4) is 0 Å². The first-order valence-corrected chi connectivity index (χ1v) is 4.71. The van der Waals surface area contributed by atoms with E-state index >= 15 is 0 Å². The van der Waals surface area contributed by atoms with E-state index in [0.29, 0.717) is 11.3 Å². The molecule has 0 radical (unpaired) electrons. The first-order chi connectivity index (χ1) is 7.02. The molecule has 0 aromatic carbocycles. The molecule has 0 aliphatic carbocycles. The SMILES string of the molecule is Cc1ccc2nc(C)c(C(=O)O)n2c1C. The lowest BCUT2D eigenvalue weighted by molar-refractivity contribution is 0.0688. The van der Waals surface area contributed by atoms with Crippen LogP contribution in [0.1, 0.15) is 27.4 Å². The molecule has 0 aliphatic heterocycles. The van der Waals surface area contributed by atoms with Crippen LogP contribution in [0.2, 0.25) is 0 Å². The zero-order valence-electron chi connectivity index (χ0n) is 8.90. The van der Waals surface area contributed by atoms with Crippen LogP contribution < -0.4 is 0 Å². The lowest BCUT2D eigenvalue weighted by Gasteiger charge is -2.05. The lowest BCUT2D eigenvalue weighted by Crippen LogP contribution is -2.06. The summed E-state index contributed by atoms with van der Waals surface area (Å²) in [5.41, 5.74) is 3.48. The van der Waals surface area contributed by atoms with Crippen molar-refractivity contribution in [3.63, 3.8) is 0 Å². The molecule has 0 aliphatic rings. The summed E-state index contributed by atoms with van der Waals surface area (Å²) in [5, 5.41) is 9.11. The van der Waals surface area contributed by atoms with E-state index in [2.05, 4.69) is 4.98 Å². The van der Waals surface area contributed by atoms with Crippen LogP contribution in [-0.4, -0.2) is 20.5 Å². The molecule has 0 saturated carbocycles. The summed E-state index contributed by atoms with van der Waals surface area (Å²) in [5.74, 6) is -0.936. The van der Waals surface area contributed by atoms with Crippen molar-refractivity contribution < 1.29 is 9.90 Å². The van der Waals surface area contributed by atoms with Crippen LogP contribution in [0, 0.1) is 20.8 Å². The van der Waals surface area contributed by atoms with E-state index in [9.17, 15) is 4.79 Å². The number of aryl methyl sites for hydroxylation is 3. The van der Waals surface area contributed by atoms with E-state index in [1.165, 1.54) is 0 Å². The van der Waals surface area contributed by atoms with Gasteiger partial charge in [-0.25, -0.2) is 9.78 Å². The minimum absolute atomic E-state index is 0.256. The quantitative estimate of drug-likeness (QED) is 0.772. The molecule has 0 spiro atoms. The summed E-state index contributed by atoms with van der Waals surface area (Å²) in [4.78, 5) is 15.3. The molecule has 4 nitrogen and oxygen atoms in total. The molecule has 0 saturated heterocycles. The van der Waals surface area contributed by atoms with Gasteiger partial charge in [0.2, 0.25) is 0 Å². The van der Waals surface area contributed by atoms with Crippen molar-refractivity contribution in [2.45, 2.75) is 20.8 Å². The number of carboxylic acids is 1. The summed E-state index contributed by atoms with van der Waals surface area (Å²) in [6.07, 6.45) is 0. The summed E-state index contributed by atoms with van der Waals surface area (Å²) in [6, 6.07) is 3.78. The molecule has 2 rings (SSSR count). The van der Waals surface area contributed by atoms with Crippen molar-refractivity contribution in [2.24, 2.45) is 0 Å². The van der Waals surface area contributed by atoms with Crippen LogP contribution >= 0.6 is 0 Å². The lowest BCUT2D eigenvalue weighted by atomic mass is 10.2. The van der Waals surface area contributed by atoms with Crippen LogP contribution in [0.15, 0.2) is 12.1 Å². The third-order valence-electron chi connectivity index (χ3n) is 2.67. The number of imidazole rings is 1. The first kappa shape index (κ1) is 9.71. The van der Waals surface area contributed by atoms with E-state index in [0.717, 1.165) is 11.3 Å². The van der Waals surface area contributed by atoms with Gasteiger partial charge in [-0.2, -0.15) is 0 Å². The van der Waals surface area contributed by atoms with Crippen LogP contribution in [-0.2, 0) is 0 Å². The average Bonchev–Trinajstić information content (AvgIpc) is 2.49. The molecule has 1 N–H and O–H groups in total. The average molecular weight is 204 g/mol. The minimum atomic E-state index is -0.936. The van der Waals surface area contributed by atoms with Crippen LogP contribution in [0.3, 0.4) is 0 Å². The zero-order chi connectivity index (χ0) is 11.2. The number of rotatable bonds is 1. The highest BCUT2D eigenvalue weighted by molar-refractivity contribution is 5.88. The Morgan fingerprint density at radius 1 is 1.33 bits per heavy atom. The number of hydrogen-bond acceptors (Lipinski definition) is 2. The maximum absolute atomic E-state index is 11.1. The maximum Gasteiger partial charge on any atom is 0.354 e. The third-order valence-corrected chi connectivity index (χ3v) is 2.67. The molecule has 2 aromatic heterocycles. The molecule has 15 heavy (non-hydrogen) atoms. The van der Waals surface area contributed by atoms with Gasteiger partial charge >= 0.3 is 5.97 Å². The maximum atomic E-state index is 11.1. The number of carboxylic acid groups (broad SMARTS) is 1. The second-order valence-corrected chi connectivity index (χ2v) is 3.65. The van der Waals surface area contributed by atoms with E-state index in [1.54, 1.807) is 11.3 Å². The molecule has 0 unspecified atom stereocenters. The highest BCUT2D eigenvalue weighted by Crippen LogP contribution is 2.17. The van der Waals surface area contributed by atoms with E-state index in [4.69, 9.17) is 5.11 Å². The normalized spacial score (nSPS) is 10.9. The number of aromatic carboxylic acids is 1. The number of pyridine rings is 1. The molecule has 0 bridgehead atoms. The van der Waals surface area contributed by atoms with Gasteiger partial charge in [0.15, 0.2) is 5.69 Å². The Kier molecular flexibility index (Phi) is 2.00. The number of aromatic nitrogens is 2. The fourth-order valence-electron chi connectivity index (χ4n) is 1.75. The van der Waals surface area contributed by atoms with Crippen molar-refractivity contribution in [1.82, 2.24) is 9.38 Å². The molecule has 4 heteroatoms. The predicted molar refractivity (Wildman–Crippen MR) is 56.4 cm³/mol.